The molecule has 0 amide bonds. The number of benzene rings is 7. The molecule has 0 aromatic heterocycles. The Labute approximate surface area is 241 Å². The number of fused-ring (bicyclic) bond motifs is 10. The van der Waals surface area contributed by atoms with Crippen LogP contribution in [0.25, 0.3) is 43.4 Å². The van der Waals surface area contributed by atoms with Crippen LogP contribution in [-0.2, 0) is 5.41 Å². The SMILES string of the molecule is Cc1ccccc1N(c1ccccc1)c1ccc2c3c(ccc2c1)-c1c(c2ccccc2c2ccccc12)C3(C)C. The van der Waals surface area contributed by atoms with Gasteiger partial charge in [0.15, 0.2) is 0 Å². The number of aryl methyl sites for hydroxylation is 1. The maximum atomic E-state index is 2.41. The molecule has 0 unspecified atom stereocenters. The van der Waals surface area contributed by atoms with Crippen LogP contribution in [0.2, 0.25) is 0 Å². The summed E-state index contributed by atoms with van der Waals surface area (Å²) in [6, 6.07) is 48.9. The lowest BCUT2D eigenvalue weighted by Crippen LogP contribution is -2.16. The van der Waals surface area contributed by atoms with Crippen LogP contribution in [-0.4, -0.2) is 0 Å². The van der Waals surface area contributed by atoms with Gasteiger partial charge in [0.25, 0.3) is 0 Å². The molecule has 8 rings (SSSR count). The van der Waals surface area contributed by atoms with Gasteiger partial charge >= 0.3 is 0 Å². The van der Waals surface area contributed by atoms with Gasteiger partial charge < -0.3 is 4.90 Å². The Bertz CT molecular complexity index is 2140. The maximum Gasteiger partial charge on any atom is 0.0490 e. The van der Waals surface area contributed by atoms with Gasteiger partial charge in [0.1, 0.15) is 0 Å². The first-order valence-corrected chi connectivity index (χ1v) is 14.5. The lowest BCUT2D eigenvalue weighted by atomic mass is 9.78. The van der Waals surface area contributed by atoms with Gasteiger partial charge in [0, 0.05) is 22.5 Å². The Kier molecular flexibility index (Phi) is 5.15. The van der Waals surface area contributed by atoms with E-state index in [9.17, 15) is 0 Å². The third kappa shape index (κ3) is 3.42. The molecule has 0 radical (unpaired) electrons. The van der Waals surface area contributed by atoms with E-state index >= 15 is 0 Å². The van der Waals surface area contributed by atoms with Crippen molar-refractivity contribution in [3.63, 3.8) is 0 Å². The zero-order valence-electron chi connectivity index (χ0n) is 23.6. The van der Waals surface area contributed by atoms with Crippen molar-refractivity contribution in [1.82, 2.24) is 0 Å². The van der Waals surface area contributed by atoms with Gasteiger partial charge in [-0.25, -0.2) is 0 Å². The molecule has 1 nitrogen and oxygen atoms in total. The molecule has 0 atom stereocenters. The van der Waals surface area contributed by atoms with E-state index in [0.29, 0.717) is 0 Å². The monoisotopic (exact) mass is 525 g/mol. The molecular formula is C40H31N. The summed E-state index contributed by atoms with van der Waals surface area (Å²) in [5.74, 6) is 0. The Morgan fingerprint density at radius 2 is 1.12 bits per heavy atom. The summed E-state index contributed by atoms with van der Waals surface area (Å²) >= 11 is 0. The summed E-state index contributed by atoms with van der Waals surface area (Å²) in [7, 11) is 0. The number of rotatable bonds is 3. The van der Waals surface area contributed by atoms with Gasteiger partial charge in [-0.3, -0.25) is 0 Å². The van der Waals surface area contributed by atoms with Crippen molar-refractivity contribution in [2.75, 3.05) is 4.90 Å². The second kappa shape index (κ2) is 8.81. The van der Waals surface area contributed by atoms with Gasteiger partial charge in [-0.2, -0.15) is 0 Å². The second-order valence-electron chi connectivity index (χ2n) is 11.8. The summed E-state index contributed by atoms with van der Waals surface area (Å²) in [5.41, 5.74) is 10.3. The van der Waals surface area contributed by atoms with E-state index in [4.69, 9.17) is 0 Å². The molecule has 0 fully saturated rings. The third-order valence-corrected chi connectivity index (χ3v) is 9.08. The molecule has 7 aromatic rings. The Morgan fingerprint density at radius 1 is 0.488 bits per heavy atom. The molecule has 0 N–H and O–H groups in total. The minimum atomic E-state index is -0.134. The lowest BCUT2D eigenvalue weighted by Gasteiger charge is -2.28. The first-order valence-electron chi connectivity index (χ1n) is 14.5. The fraction of sp³-hybridized carbons (Fsp3) is 0.100. The predicted octanol–water partition coefficient (Wildman–Crippen LogP) is 11.2. The van der Waals surface area contributed by atoms with Crippen LogP contribution in [0.15, 0.2) is 133 Å². The van der Waals surface area contributed by atoms with Crippen molar-refractivity contribution in [2.24, 2.45) is 0 Å². The van der Waals surface area contributed by atoms with E-state index in [2.05, 4.69) is 159 Å². The quantitative estimate of drug-likeness (QED) is 0.207. The molecule has 0 bridgehead atoms. The van der Waals surface area contributed by atoms with Crippen LogP contribution in [0.4, 0.5) is 17.1 Å². The van der Waals surface area contributed by atoms with Crippen LogP contribution >= 0.6 is 0 Å². The highest BCUT2D eigenvalue weighted by molar-refractivity contribution is 6.19. The van der Waals surface area contributed by atoms with E-state index < -0.39 is 0 Å². The molecule has 0 aliphatic heterocycles. The molecule has 0 saturated heterocycles. The summed E-state index contributed by atoms with van der Waals surface area (Å²) in [6.07, 6.45) is 0. The highest BCUT2D eigenvalue weighted by Crippen LogP contribution is 2.56. The summed E-state index contributed by atoms with van der Waals surface area (Å²) in [4.78, 5) is 2.38. The van der Waals surface area contributed by atoms with E-state index in [1.165, 1.54) is 71.5 Å². The molecule has 1 aliphatic carbocycles. The Hall–Kier alpha value is -4.88. The molecule has 41 heavy (non-hydrogen) atoms. The number of hydrogen-bond acceptors (Lipinski definition) is 1. The fourth-order valence-corrected chi connectivity index (χ4v) is 7.35. The van der Waals surface area contributed by atoms with E-state index in [-0.39, 0.29) is 5.41 Å². The topological polar surface area (TPSA) is 3.24 Å². The smallest absolute Gasteiger partial charge is 0.0490 e. The second-order valence-corrected chi connectivity index (χ2v) is 11.8. The fourth-order valence-electron chi connectivity index (χ4n) is 7.35. The van der Waals surface area contributed by atoms with Crippen molar-refractivity contribution in [3.8, 4) is 11.1 Å². The largest absolute Gasteiger partial charge is 0.310 e. The van der Waals surface area contributed by atoms with E-state index in [0.717, 1.165) is 5.69 Å². The van der Waals surface area contributed by atoms with E-state index in [1.54, 1.807) is 0 Å². The predicted molar refractivity (Wildman–Crippen MR) is 176 cm³/mol. The number of nitrogens with zero attached hydrogens (tertiary/aromatic N) is 1. The van der Waals surface area contributed by atoms with Gasteiger partial charge in [-0.05, 0) is 97.4 Å². The molecule has 0 saturated carbocycles. The number of anilines is 3. The van der Waals surface area contributed by atoms with Crippen LogP contribution < -0.4 is 4.90 Å². The first kappa shape index (κ1) is 24.0. The van der Waals surface area contributed by atoms with Crippen molar-refractivity contribution in [3.05, 3.63) is 150 Å². The molecule has 0 spiro atoms. The van der Waals surface area contributed by atoms with E-state index in [1.807, 2.05) is 0 Å². The summed E-state index contributed by atoms with van der Waals surface area (Å²) < 4.78 is 0. The molecule has 0 heterocycles. The molecule has 1 aliphatic rings. The molecule has 7 aromatic carbocycles. The van der Waals surface area contributed by atoms with Gasteiger partial charge in [-0.15, -0.1) is 0 Å². The average Bonchev–Trinajstić information content (AvgIpc) is 3.26. The molecular weight excluding hydrogens is 494 g/mol. The zero-order chi connectivity index (χ0) is 27.7. The normalized spacial score (nSPS) is 13.4. The van der Waals surface area contributed by atoms with Crippen molar-refractivity contribution in [2.45, 2.75) is 26.2 Å². The van der Waals surface area contributed by atoms with Crippen LogP contribution in [0.3, 0.4) is 0 Å². The number of hydrogen-bond donors (Lipinski definition) is 0. The molecule has 196 valence electrons. The van der Waals surface area contributed by atoms with Crippen molar-refractivity contribution >= 4 is 49.4 Å². The van der Waals surface area contributed by atoms with Gasteiger partial charge in [-0.1, -0.05) is 117 Å². The van der Waals surface area contributed by atoms with Gasteiger partial charge in [0.2, 0.25) is 0 Å². The third-order valence-electron chi connectivity index (χ3n) is 9.08. The molecule has 1 heteroatoms. The Morgan fingerprint density at radius 3 is 1.88 bits per heavy atom. The number of para-hydroxylation sites is 2. The van der Waals surface area contributed by atoms with Crippen LogP contribution in [0.1, 0.15) is 30.5 Å². The minimum Gasteiger partial charge on any atom is -0.310 e. The van der Waals surface area contributed by atoms with Crippen LogP contribution in [0.5, 0.6) is 0 Å². The Balaban J connectivity index is 1.39. The van der Waals surface area contributed by atoms with Crippen molar-refractivity contribution < 1.29 is 0 Å². The average molecular weight is 526 g/mol. The highest BCUT2D eigenvalue weighted by Gasteiger charge is 2.39. The zero-order valence-corrected chi connectivity index (χ0v) is 23.6. The van der Waals surface area contributed by atoms with Crippen molar-refractivity contribution in [1.29, 1.82) is 0 Å². The summed E-state index contributed by atoms with van der Waals surface area (Å²) in [5, 5.41) is 7.98. The van der Waals surface area contributed by atoms with Gasteiger partial charge in [0.05, 0.1) is 0 Å². The van der Waals surface area contributed by atoms with Crippen LogP contribution in [0, 0.1) is 6.92 Å². The standard InChI is InChI=1S/C40H31N/c1-26-13-7-12-20-36(26)41(28-14-5-4-6-15-28)29-22-24-30-27(25-29)21-23-35-37-33-18-10-8-16-31(33)32-17-9-11-19-34(32)39(37)40(2,3)38(30)35/h4-25H,1-3H3. The lowest BCUT2D eigenvalue weighted by molar-refractivity contribution is 0.672. The maximum absolute atomic E-state index is 2.41. The minimum absolute atomic E-state index is 0.134. The highest BCUT2D eigenvalue weighted by atomic mass is 15.1. The first-order chi connectivity index (χ1) is 20.0. The summed E-state index contributed by atoms with van der Waals surface area (Å²) in [6.45, 7) is 7.01.